The van der Waals surface area contributed by atoms with Gasteiger partial charge < -0.3 is 5.73 Å². The van der Waals surface area contributed by atoms with E-state index in [-0.39, 0.29) is 6.04 Å². The topological polar surface area (TPSA) is 43.8 Å². The standard InChI is InChI=1S/C11H21N3S/c1-3-11(12)7-10-8-13-14(9-10)5-4-6-15-2/h8-9,11H,3-7,12H2,1-2H3. The van der Waals surface area contributed by atoms with Gasteiger partial charge in [0.2, 0.25) is 0 Å². The molecule has 0 saturated carbocycles. The van der Waals surface area contributed by atoms with Crippen molar-refractivity contribution in [1.29, 1.82) is 0 Å². The molecule has 15 heavy (non-hydrogen) atoms. The van der Waals surface area contributed by atoms with Crippen LogP contribution in [0.2, 0.25) is 0 Å². The third-order valence-corrected chi connectivity index (χ3v) is 3.14. The highest BCUT2D eigenvalue weighted by molar-refractivity contribution is 7.98. The molecule has 1 aromatic heterocycles. The van der Waals surface area contributed by atoms with E-state index in [4.69, 9.17) is 5.73 Å². The number of aryl methyl sites for hydroxylation is 1. The van der Waals surface area contributed by atoms with Crippen molar-refractivity contribution in [2.45, 2.75) is 38.8 Å². The van der Waals surface area contributed by atoms with E-state index in [1.807, 2.05) is 22.6 Å². The Morgan fingerprint density at radius 1 is 1.60 bits per heavy atom. The number of hydrogen-bond acceptors (Lipinski definition) is 3. The van der Waals surface area contributed by atoms with Crippen LogP contribution in [0, 0.1) is 0 Å². The smallest absolute Gasteiger partial charge is 0.0522 e. The summed E-state index contributed by atoms with van der Waals surface area (Å²) < 4.78 is 2.02. The van der Waals surface area contributed by atoms with Gasteiger partial charge >= 0.3 is 0 Å². The lowest BCUT2D eigenvalue weighted by atomic mass is 10.1. The van der Waals surface area contributed by atoms with E-state index in [2.05, 4.69) is 24.5 Å². The summed E-state index contributed by atoms with van der Waals surface area (Å²) >= 11 is 1.88. The molecule has 0 fully saturated rings. The van der Waals surface area contributed by atoms with Crippen LogP contribution in [-0.4, -0.2) is 27.8 Å². The Hall–Kier alpha value is -0.480. The van der Waals surface area contributed by atoms with Gasteiger partial charge in [-0.3, -0.25) is 4.68 Å². The van der Waals surface area contributed by atoms with Crippen molar-refractivity contribution >= 4 is 11.8 Å². The molecule has 0 saturated heterocycles. The van der Waals surface area contributed by atoms with Gasteiger partial charge in [0.25, 0.3) is 0 Å². The maximum atomic E-state index is 5.90. The molecular formula is C11H21N3S. The summed E-state index contributed by atoms with van der Waals surface area (Å²) in [5.74, 6) is 1.20. The van der Waals surface area contributed by atoms with Crippen LogP contribution >= 0.6 is 11.8 Å². The van der Waals surface area contributed by atoms with E-state index in [0.29, 0.717) is 0 Å². The minimum atomic E-state index is 0.272. The summed E-state index contributed by atoms with van der Waals surface area (Å²) in [6.07, 6.45) is 9.35. The molecule has 1 aromatic rings. The monoisotopic (exact) mass is 227 g/mol. The number of hydrogen-bond donors (Lipinski definition) is 1. The first-order chi connectivity index (χ1) is 7.26. The van der Waals surface area contributed by atoms with E-state index in [1.54, 1.807) is 0 Å². The van der Waals surface area contributed by atoms with Gasteiger partial charge in [-0.2, -0.15) is 16.9 Å². The summed E-state index contributed by atoms with van der Waals surface area (Å²) in [6, 6.07) is 0.272. The predicted octanol–water partition coefficient (Wildman–Crippen LogP) is 1.92. The molecule has 2 N–H and O–H groups in total. The lowest BCUT2D eigenvalue weighted by Gasteiger charge is -2.05. The van der Waals surface area contributed by atoms with E-state index >= 15 is 0 Å². The molecule has 0 spiro atoms. The fourth-order valence-corrected chi connectivity index (χ4v) is 1.87. The number of nitrogens with two attached hydrogens (primary N) is 1. The van der Waals surface area contributed by atoms with Gasteiger partial charge in [-0.25, -0.2) is 0 Å². The van der Waals surface area contributed by atoms with Gasteiger partial charge in [-0.1, -0.05) is 6.92 Å². The summed E-state index contributed by atoms with van der Waals surface area (Å²) in [7, 11) is 0. The third-order valence-electron chi connectivity index (χ3n) is 2.44. The van der Waals surface area contributed by atoms with E-state index in [9.17, 15) is 0 Å². The van der Waals surface area contributed by atoms with Gasteiger partial charge in [0.1, 0.15) is 0 Å². The predicted molar refractivity (Wildman–Crippen MR) is 67.2 cm³/mol. The third kappa shape index (κ3) is 4.71. The van der Waals surface area contributed by atoms with Crippen LogP contribution in [0.15, 0.2) is 12.4 Å². The molecule has 86 valence electrons. The van der Waals surface area contributed by atoms with Gasteiger partial charge in [-0.05, 0) is 36.8 Å². The van der Waals surface area contributed by atoms with Crippen LogP contribution in [0.3, 0.4) is 0 Å². The second-order valence-electron chi connectivity index (χ2n) is 3.83. The summed E-state index contributed by atoms with van der Waals surface area (Å²) in [4.78, 5) is 0. The normalized spacial score (nSPS) is 13.0. The lowest BCUT2D eigenvalue weighted by molar-refractivity contribution is 0.603. The van der Waals surface area contributed by atoms with Gasteiger partial charge in [-0.15, -0.1) is 0 Å². The van der Waals surface area contributed by atoms with E-state index in [1.165, 1.54) is 17.7 Å². The SMILES string of the molecule is CCC(N)Cc1cnn(CCCSC)c1. The highest BCUT2D eigenvalue weighted by Gasteiger charge is 2.03. The van der Waals surface area contributed by atoms with Crippen molar-refractivity contribution in [2.24, 2.45) is 5.73 Å². The summed E-state index contributed by atoms with van der Waals surface area (Å²) in [5.41, 5.74) is 7.15. The zero-order chi connectivity index (χ0) is 11.1. The molecule has 3 nitrogen and oxygen atoms in total. The Labute approximate surface area is 96.4 Å². The molecule has 1 unspecified atom stereocenters. The van der Waals surface area contributed by atoms with Crippen LogP contribution in [-0.2, 0) is 13.0 Å². The molecule has 1 rings (SSSR count). The summed E-state index contributed by atoms with van der Waals surface area (Å²) in [5, 5.41) is 4.33. The number of rotatable bonds is 7. The van der Waals surface area contributed by atoms with E-state index in [0.717, 1.165) is 19.4 Å². The lowest BCUT2D eigenvalue weighted by Crippen LogP contribution is -2.21. The van der Waals surface area contributed by atoms with Crippen LogP contribution < -0.4 is 5.73 Å². The van der Waals surface area contributed by atoms with Crippen LogP contribution in [0.25, 0.3) is 0 Å². The Balaban J connectivity index is 2.35. The van der Waals surface area contributed by atoms with Crippen molar-refractivity contribution < 1.29 is 0 Å². The van der Waals surface area contributed by atoms with Crippen molar-refractivity contribution in [2.75, 3.05) is 12.0 Å². The average Bonchev–Trinajstić information content (AvgIpc) is 2.66. The Kier molecular flexibility index (Phi) is 5.79. The van der Waals surface area contributed by atoms with Crippen molar-refractivity contribution in [1.82, 2.24) is 9.78 Å². The van der Waals surface area contributed by atoms with Crippen molar-refractivity contribution in [3.8, 4) is 0 Å². The molecule has 0 aromatic carbocycles. The second kappa shape index (κ2) is 6.90. The van der Waals surface area contributed by atoms with Crippen LogP contribution in [0.5, 0.6) is 0 Å². The van der Waals surface area contributed by atoms with Crippen LogP contribution in [0.1, 0.15) is 25.3 Å². The maximum absolute atomic E-state index is 5.90. The maximum Gasteiger partial charge on any atom is 0.0522 e. The van der Waals surface area contributed by atoms with Gasteiger partial charge in [0.15, 0.2) is 0 Å². The van der Waals surface area contributed by atoms with E-state index < -0.39 is 0 Å². The fourth-order valence-electron chi connectivity index (χ4n) is 1.45. The molecule has 1 atom stereocenters. The molecular weight excluding hydrogens is 206 g/mol. The highest BCUT2D eigenvalue weighted by Crippen LogP contribution is 2.05. The number of nitrogens with zero attached hydrogens (tertiary/aromatic N) is 2. The first-order valence-corrected chi connectivity index (χ1v) is 6.91. The minimum absolute atomic E-state index is 0.272. The Morgan fingerprint density at radius 2 is 2.40 bits per heavy atom. The molecule has 0 aliphatic rings. The van der Waals surface area contributed by atoms with Gasteiger partial charge in [0, 0.05) is 18.8 Å². The molecule has 0 radical (unpaired) electrons. The fraction of sp³-hybridized carbons (Fsp3) is 0.727. The quantitative estimate of drug-likeness (QED) is 0.724. The number of thioether (sulfide) groups is 1. The zero-order valence-corrected chi connectivity index (χ0v) is 10.5. The molecule has 0 aliphatic heterocycles. The van der Waals surface area contributed by atoms with Gasteiger partial charge in [0.05, 0.1) is 6.20 Å². The zero-order valence-electron chi connectivity index (χ0n) is 9.65. The number of aromatic nitrogens is 2. The average molecular weight is 227 g/mol. The summed E-state index contributed by atoms with van der Waals surface area (Å²) in [6.45, 7) is 3.13. The molecule has 0 amide bonds. The molecule has 1 heterocycles. The molecule has 0 aliphatic carbocycles. The first kappa shape index (κ1) is 12.6. The second-order valence-corrected chi connectivity index (χ2v) is 4.82. The molecule has 0 bridgehead atoms. The first-order valence-electron chi connectivity index (χ1n) is 5.52. The van der Waals surface area contributed by atoms with Crippen molar-refractivity contribution in [3.63, 3.8) is 0 Å². The molecule has 4 heteroatoms. The Morgan fingerprint density at radius 3 is 3.07 bits per heavy atom. The minimum Gasteiger partial charge on any atom is -0.327 e. The highest BCUT2D eigenvalue weighted by atomic mass is 32.2. The Bertz CT molecular complexity index is 273. The largest absolute Gasteiger partial charge is 0.327 e. The van der Waals surface area contributed by atoms with Crippen LogP contribution in [0.4, 0.5) is 0 Å². The van der Waals surface area contributed by atoms with Crippen molar-refractivity contribution in [3.05, 3.63) is 18.0 Å².